The second-order valence-electron chi connectivity index (χ2n) is 10.6. The average molecular weight is 451 g/mol. The summed E-state index contributed by atoms with van der Waals surface area (Å²) in [6.45, 7) is 9.98. The first kappa shape index (κ1) is 20.9. The van der Waals surface area contributed by atoms with Crippen LogP contribution < -0.4 is 0 Å². The number of nitrogens with zero attached hydrogens (tertiary/aromatic N) is 4. The molecule has 3 heterocycles. The van der Waals surface area contributed by atoms with Crippen LogP contribution in [0.4, 0.5) is 9.18 Å². The maximum Gasteiger partial charge on any atom is 0.410 e. The molecule has 1 amide bonds. The zero-order valence-corrected chi connectivity index (χ0v) is 19.2. The molecule has 0 spiro atoms. The van der Waals surface area contributed by atoms with E-state index in [9.17, 15) is 9.90 Å². The van der Waals surface area contributed by atoms with Crippen molar-refractivity contribution in [1.29, 1.82) is 0 Å². The molecule has 1 aliphatic heterocycles. The standard InChI is InChI=1S/C22H28ClFN4O3/c1-21(2,3)31-20(29)27-8-11-12(9-27)13(11)16-14-17(28(26-16)10-6-7-10)15(24)19(23)25-18(14)22(4,5)30/h10-13,30H,6-9H2,1-5H3/t11-,12+,13?. The SMILES string of the molecule is CC(C)(C)OC(=O)N1C[C@@H]2C(c3nn(C4CC4)c4c(F)c(Cl)nc(C(C)(C)O)c34)[C@@H]2C1. The summed E-state index contributed by atoms with van der Waals surface area (Å²) in [4.78, 5) is 18.4. The molecule has 0 aromatic carbocycles. The molecule has 168 valence electrons. The Morgan fingerprint density at radius 1 is 1.19 bits per heavy atom. The Hall–Kier alpha value is -1.93. The minimum atomic E-state index is -1.30. The quantitative estimate of drug-likeness (QED) is 0.702. The van der Waals surface area contributed by atoms with E-state index in [0.717, 1.165) is 18.5 Å². The van der Waals surface area contributed by atoms with E-state index in [1.165, 1.54) is 0 Å². The van der Waals surface area contributed by atoms with Gasteiger partial charge in [-0.2, -0.15) is 5.10 Å². The van der Waals surface area contributed by atoms with Crippen LogP contribution in [-0.2, 0) is 10.3 Å². The lowest BCUT2D eigenvalue weighted by molar-refractivity contribution is 0.0270. The van der Waals surface area contributed by atoms with Crippen molar-refractivity contribution < 1.29 is 19.0 Å². The minimum Gasteiger partial charge on any atom is -0.444 e. The third kappa shape index (κ3) is 3.48. The van der Waals surface area contributed by atoms with Gasteiger partial charge in [0, 0.05) is 19.0 Å². The molecular formula is C22H28ClFN4O3. The highest BCUT2D eigenvalue weighted by Gasteiger charge is 2.60. The summed E-state index contributed by atoms with van der Waals surface area (Å²) in [6, 6.07) is 0.149. The Kier molecular flexibility index (Phi) is 4.42. The molecule has 0 radical (unpaired) electrons. The van der Waals surface area contributed by atoms with Crippen LogP contribution in [0, 0.1) is 17.7 Å². The van der Waals surface area contributed by atoms with Crippen LogP contribution >= 0.6 is 11.6 Å². The topological polar surface area (TPSA) is 80.5 Å². The predicted octanol–water partition coefficient (Wildman–Crippen LogP) is 4.37. The average Bonchev–Trinajstić information content (AvgIpc) is 3.51. The van der Waals surface area contributed by atoms with Gasteiger partial charge in [-0.3, -0.25) is 4.68 Å². The van der Waals surface area contributed by atoms with E-state index in [1.54, 1.807) is 23.4 Å². The number of aromatic nitrogens is 3. The molecule has 9 heteroatoms. The van der Waals surface area contributed by atoms with Gasteiger partial charge in [0.2, 0.25) is 0 Å². The van der Waals surface area contributed by atoms with Crippen LogP contribution in [0.3, 0.4) is 0 Å². The highest BCUT2D eigenvalue weighted by Crippen LogP contribution is 2.60. The second-order valence-corrected chi connectivity index (χ2v) is 11.0. The first-order chi connectivity index (χ1) is 14.4. The number of amides is 1. The molecule has 3 atom stereocenters. The Balaban J connectivity index is 1.52. The highest BCUT2D eigenvalue weighted by molar-refractivity contribution is 6.30. The lowest BCUT2D eigenvalue weighted by Crippen LogP contribution is -2.36. The molecule has 1 saturated heterocycles. The number of rotatable bonds is 3. The number of fused-ring (bicyclic) bond motifs is 2. The molecule has 7 nitrogen and oxygen atoms in total. The Morgan fingerprint density at radius 2 is 1.81 bits per heavy atom. The fourth-order valence-corrected chi connectivity index (χ4v) is 5.04. The Bertz CT molecular complexity index is 1070. The van der Waals surface area contributed by atoms with E-state index < -0.39 is 17.0 Å². The molecule has 1 N–H and O–H groups in total. The number of aliphatic hydroxyl groups is 1. The molecule has 3 aliphatic rings. The van der Waals surface area contributed by atoms with Gasteiger partial charge >= 0.3 is 6.09 Å². The number of pyridine rings is 1. The van der Waals surface area contributed by atoms with Gasteiger partial charge in [-0.05, 0) is 59.3 Å². The van der Waals surface area contributed by atoms with Gasteiger partial charge < -0.3 is 14.7 Å². The van der Waals surface area contributed by atoms with Crippen molar-refractivity contribution >= 4 is 28.6 Å². The molecule has 2 aromatic rings. The second kappa shape index (κ2) is 6.54. The van der Waals surface area contributed by atoms with Crippen molar-refractivity contribution in [2.45, 2.75) is 70.6 Å². The molecule has 2 aliphatic carbocycles. The number of likely N-dealkylation sites (tertiary alicyclic amines) is 1. The van der Waals surface area contributed by atoms with Crippen LogP contribution in [0.2, 0.25) is 5.15 Å². The number of ether oxygens (including phenoxy) is 1. The smallest absolute Gasteiger partial charge is 0.410 e. The van der Waals surface area contributed by atoms with Crippen LogP contribution in [0.15, 0.2) is 0 Å². The van der Waals surface area contributed by atoms with Crippen molar-refractivity contribution in [3.8, 4) is 0 Å². The summed E-state index contributed by atoms with van der Waals surface area (Å²) in [7, 11) is 0. The largest absolute Gasteiger partial charge is 0.444 e. The van der Waals surface area contributed by atoms with Crippen LogP contribution in [0.25, 0.3) is 10.9 Å². The monoisotopic (exact) mass is 450 g/mol. The van der Waals surface area contributed by atoms with Gasteiger partial charge in [-0.1, -0.05) is 11.6 Å². The third-order valence-corrected chi connectivity index (χ3v) is 6.66. The summed E-state index contributed by atoms with van der Waals surface area (Å²) in [5, 5.41) is 15.9. The lowest BCUT2D eigenvalue weighted by atomic mass is 9.97. The number of piperidine rings is 1. The van der Waals surface area contributed by atoms with Crippen molar-refractivity contribution in [2.24, 2.45) is 11.8 Å². The Morgan fingerprint density at radius 3 is 2.32 bits per heavy atom. The molecular weight excluding hydrogens is 423 g/mol. The van der Waals surface area contributed by atoms with Crippen molar-refractivity contribution in [1.82, 2.24) is 19.7 Å². The molecule has 5 rings (SSSR count). The van der Waals surface area contributed by atoms with Gasteiger partial charge in [-0.15, -0.1) is 0 Å². The molecule has 2 saturated carbocycles. The molecule has 1 unspecified atom stereocenters. The maximum absolute atomic E-state index is 15.1. The van der Waals surface area contributed by atoms with E-state index in [0.29, 0.717) is 29.7 Å². The number of halogens is 2. The van der Waals surface area contributed by atoms with Gasteiger partial charge in [0.05, 0.1) is 22.8 Å². The summed E-state index contributed by atoms with van der Waals surface area (Å²) >= 11 is 6.11. The summed E-state index contributed by atoms with van der Waals surface area (Å²) in [6.07, 6.45) is 1.58. The lowest BCUT2D eigenvalue weighted by Gasteiger charge is -2.26. The molecule has 2 aromatic heterocycles. The zero-order valence-electron chi connectivity index (χ0n) is 18.4. The normalized spacial score (nSPS) is 25.8. The van der Waals surface area contributed by atoms with Gasteiger partial charge in [0.15, 0.2) is 11.0 Å². The Labute approximate surface area is 185 Å². The number of carbonyl (C=O) groups excluding carboxylic acids is 1. The number of carbonyl (C=O) groups is 1. The summed E-state index contributed by atoms with van der Waals surface area (Å²) in [5.41, 5.74) is -0.379. The van der Waals surface area contributed by atoms with Crippen molar-refractivity contribution in [2.75, 3.05) is 13.1 Å². The van der Waals surface area contributed by atoms with E-state index in [1.807, 2.05) is 20.8 Å². The van der Waals surface area contributed by atoms with Gasteiger partial charge in [-0.25, -0.2) is 14.2 Å². The van der Waals surface area contributed by atoms with E-state index in [2.05, 4.69) is 4.98 Å². The first-order valence-corrected chi connectivity index (χ1v) is 11.2. The van der Waals surface area contributed by atoms with Crippen LogP contribution in [-0.4, -0.2) is 49.6 Å². The molecule has 3 fully saturated rings. The number of hydrogen-bond acceptors (Lipinski definition) is 5. The van der Waals surface area contributed by atoms with Gasteiger partial charge in [0.25, 0.3) is 0 Å². The van der Waals surface area contributed by atoms with Crippen molar-refractivity contribution in [3.63, 3.8) is 0 Å². The van der Waals surface area contributed by atoms with Crippen molar-refractivity contribution in [3.05, 3.63) is 22.4 Å². The van der Waals surface area contributed by atoms with E-state index >= 15 is 4.39 Å². The van der Waals surface area contributed by atoms with Crippen LogP contribution in [0.5, 0.6) is 0 Å². The fraction of sp³-hybridized carbons (Fsp3) is 0.682. The highest BCUT2D eigenvalue weighted by atomic mass is 35.5. The summed E-state index contributed by atoms with van der Waals surface area (Å²) in [5.74, 6) is -0.000462. The van der Waals surface area contributed by atoms with E-state index in [-0.39, 0.29) is 35.0 Å². The third-order valence-electron chi connectivity index (χ3n) is 6.41. The van der Waals surface area contributed by atoms with E-state index in [4.69, 9.17) is 21.4 Å². The molecule has 31 heavy (non-hydrogen) atoms. The number of hydrogen-bond donors (Lipinski definition) is 1. The van der Waals surface area contributed by atoms with Crippen LogP contribution in [0.1, 0.15) is 70.8 Å². The molecule has 0 bridgehead atoms. The predicted molar refractivity (Wildman–Crippen MR) is 114 cm³/mol. The minimum absolute atomic E-state index is 0.102. The maximum atomic E-state index is 15.1. The first-order valence-electron chi connectivity index (χ1n) is 10.8. The zero-order chi connectivity index (χ0) is 22.5. The van der Waals surface area contributed by atoms with Gasteiger partial charge in [0.1, 0.15) is 16.7 Å². The summed E-state index contributed by atoms with van der Waals surface area (Å²) < 4.78 is 22.4. The fourth-order valence-electron chi connectivity index (χ4n) is 4.86.